The second-order valence-electron chi connectivity index (χ2n) is 40.8. The number of carbonyl (C=O) groups is 8. The fourth-order valence-electron chi connectivity index (χ4n) is 20.4. The number of thiazole rings is 2. The number of alkyl carbamates (subject to hydrolysis) is 2. The molecule has 10 fully saturated rings. The molecule has 4 aromatic heterocycles. The first-order valence-corrected chi connectivity index (χ1v) is 53.8. The number of aromatic nitrogens is 4. The number of nitrogens with zero attached hydrogens (tertiary/aromatic N) is 7. The van der Waals surface area contributed by atoms with Crippen molar-refractivity contribution >= 4 is 102 Å². The van der Waals surface area contributed by atoms with E-state index in [4.69, 9.17) is 96.8 Å². The van der Waals surface area contributed by atoms with Crippen LogP contribution in [0.2, 0.25) is 0 Å². The van der Waals surface area contributed by atoms with Crippen molar-refractivity contribution in [1.82, 2.24) is 51.0 Å². The number of aliphatic carboxylic acids is 1. The number of allylic oxidation sites excluding steroid dienone is 2. The first-order chi connectivity index (χ1) is 71.8. The highest BCUT2D eigenvalue weighted by Gasteiger charge is 2.63. The third-order valence-electron chi connectivity index (χ3n) is 29.1. The number of benzene rings is 2. The SMILES string of the molecule is COC[C@@H]1O[C@H](C)[C@H](F)[C@H]1O.CO[C@@H]1O[C@H](C)C[C@H]1O.CO[C@@H]1O[C@H](C)[C@H](F)[C@H]1O.CO[C@@H]1[C@@H](F)[C@@H](C)O[C@H]1CO.COc1ccc2c(O[C@@H]3C[C@H]4C(=O)N[C@]5(C(=O)O)C[C@H]5/C=C\CCCCC[C@H](NC(=O)OC5CCCC5)C(=O)N4C3)cc(-c3csc(N(C)C)n3)nc2c1.COc1ccc2c(O[C@@H]3C[C@H]4C(=O)N[C@]5(C(C)=O)C[C@H]5/C=C\CCCCC[C@H](NC(=O)OC5CCCC5)C(=O)N4C3)cc(-c3csc(NC(C)C)n3)nc2c1. The van der Waals surface area contributed by atoms with Crippen LogP contribution in [0.1, 0.15) is 196 Å². The van der Waals surface area contributed by atoms with Gasteiger partial charge in [0.05, 0.1) is 87.4 Å². The number of Topliss-reactive ketones (excluding diaryl/α,β-unsaturated/α-hetero) is 1. The summed E-state index contributed by atoms with van der Waals surface area (Å²) in [6.45, 7) is 12.5. The number of fused-ring (bicyclic) bond motifs is 6. The zero-order valence-corrected chi connectivity index (χ0v) is 89.6. The summed E-state index contributed by atoms with van der Waals surface area (Å²) < 4.78 is 114. The van der Waals surface area contributed by atoms with Crippen molar-refractivity contribution in [2.24, 2.45) is 11.8 Å². The van der Waals surface area contributed by atoms with Gasteiger partial charge >= 0.3 is 18.2 Å². The number of halogens is 3. The molecule has 8 aliphatic heterocycles. The molecule has 25 atom stereocenters. The molecule has 39 nitrogen and oxygen atoms in total. The fourth-order valence-corrected chi connectivity index (χ4v) is 22.0. The van der Waals surface area contributed by atoms with Gasteiger partial charge in [0.1, 0.15) is 131 Å². The van der Waals surface area contributed by atoms with E-state index in [0.29, 0.717) is 101 Å². The number of aliphatic hydroxyl groups is 4. The standard InChI is InChI=1S/C41H52N6O7S.C39H48N6O8S.2C7H13FO3.C6H11FO3.C6H12O3/c1-24(2)42-39-44-34(23-55-39)33-20-36(30-17-16-28(52-4)18-32(30)43-33)53-29-19-35-37(49)46-41(25(3)48)21-26(41)12-8-6-5-7-9-15-31(38(50)47(35)22-29)45-40(51)54-27-13-10-11-14-27;1-44(2)37-41-31(22-54-37)30-19-33(27-16-15-25(51-3)17-29(27)40-30)52-26-18-32-34(46)43-39(36(48)49)20-23(39)11-7-5-4-6-8-14-28(35(47)45(32)21-26)42-38(50)53-24-12-9-10-13-24;1-4-6(8)7(9)5(11-4)3-10-2;1-4-6(8)7(10-2)5(3-9)11-4;1-3-4(7)5(8)6(9-2)10-3;1-4-3-5(7)6(8-2)9-4/h8,12,16-18,20,23-24,26-27,29,31,35H,5-7,9-11,13-15,19,21-22H2,1-4H3,(H,42,44)(H,45,51)(H,46,49);7,11,15-17,19,22-24,26,28,32H,4-6,8-10,12-14,18,20-21H2,1-3H3,(H,42,50)(H,43,46)(H,48,49);2*4-7,9H,3H2,1-2H3;3-6,8H,1-2H3;4-7H,3H2,1-2H3/b12-8-;11-7-;;;;/t26-,29-,31+,35+,41+;23-,26-,28+,32+,39-;2*4-,5+,6+,7+;3-,4+,5-,6-;4-,5-,6-/m111111/s1. The van der Waals surface area contributed by atoms with E-state index in [1.807, 2.05) is 103 Å². The molecule has 6 saturated heterocycles. The maximum atomic E-state index is 14.6. The number of hydrogen-bond acceptors (Lipinski definition) is 34. The highest BCUT2D eigenvalue weighted by molar-refractivity contribution is 7.14. The summed E-state index contributed by atoms with van der Waals surface area (Å²) in [7, 11) is 12.8. The summed E-state index contributed by atoms with van der Waals surface area (Å²) in [5.74, 6) is -1.20. The van der Waals surface area contributed by atoms with E-state index in [0.717, 1.165) is 106 Å². The van der Waals surface area contributed by atoms with Crippen LogP contribution >= 0.6 is 22.7 Å². The first kappa shape index (κ1) is 117. The second kappa shape index (κ2) is 54.0. The molecule has 18 rings (SSSR count). The molecule has 10 N–H and O–H groups in total. The Labute approximate surface area is 880 Å². The molecule has 2 aromatic carbocycles. The van der Waals surface area contributed by atoms with Crippen molar-refractivity contribution in [2.75, 3.05) is 93.3 Å². The van der Waals surface area contributed by atoms with Gasteiger partial charge < -0.3 is 133 Å². The predicted molar refractivity (Wildman–Crippen MR) is 551 cm³/mol. The Bertz CT molecular complexity index is 5570. The Hall–Kier alpha value is -10.3. The van der Waals surface area contributed by atoms with E-state index in [-0.39, 0.29) is 93.4 Å². The zero-order valence-electron chi connectivity index (χ0n) is 88.0. The van der Waals surface area contributed by atoms with E-state index >= 15 is 0 Å². The number of nitrogens with one attached hydrogen (secondary N) is 5. The van der Waals surface area contributed by atoms with Crippen molar-refractivity contribution in [3.05, 3.63) is 83.6 Å². The van der Waals surface area contributed by atoms with Gasteiger partial charge in [0.2, 0.25) is 23.6 Å². The van der Waals surface area contributed by atoms with Crippen LogP contribution in [0.3, 0.4) is 0 Å². The molecule has 150 heavy (non-hydrogen) atoms. The van der Waals surface area contributed by atoms with Gasteiger partial charge in [-0.25, -0.2) is 47.5 Å². The Morgan fingerprint density at radius 1 is 0.553 bits per heavy atom. The second-order valence-corrected chi connectivity index (χ2v) is 42.4. The number of aliphatic hydroxyl groups excluding tert-OH is 4. The number of pyridine rings is 2. The van der Waals surface area contributed by atoms with Gasteiger partial charge in [-0.1, -0.05) is 50.0 Å². The molecule has 4 saturated carbocycles. The molecule has 6 aromatic rings. The summed E-state index contributed by atoms with van der Waals surface area (Å²) in [4.78, 5) is 134. The number of hydrogen-bond donors (Lipinski definition) is 10. The van der Waals surface area contributed by atoms with Crippen LogP contribution in [0.15, 0.2) is 83.6 Å². The first-order valence-electron chi connectivity index (χ1n) is 52.0. The topological polar surface area (TPSA) is 488 Å². The largest absolute Gasteiger partial charge is 0.497 e. The zero-order chi connectivity index (χ0) is 108. The van der Waals surface area contributed by atoms with Crippen molar-refractivity contribution in [3.63, 3.8) is 0 Å². The molecule has 12 heterocycles. The molecule has 828 valence electrons. The van der Waals surface area contributed by atoms with Crippen LogP contribution in [0.5, 0.6) is 23.0 Å². The van der Waals surface area contributed by atoms with Gasteiger partial charge in [0.25, 0.3) is 0 Å². The fraction of sp³-hybridized carbons (Fsp3) is 0.660. The Morgan fingerprint density at radius 3 is 1.44 bits per heavy atom. The Kier molecular flexibility index (Phi) is 42.0. The monoisotopic (exact) mass is 2140 g/mol. The number of anilines is 2. The maximum Gasteiger partial charge on any atom is 0.408 e. The average molecular weight is 2140 g/mol. The number of ether oxygens (including phenoxy) is 14. The quantitative estimate of drug-likeness (QED) is 0.0266. The smallest absolute Gasteiger partial charge is 0.408 e. The summed E-state index contributed by atoms with van der Waals surface area (Å²) in [6, 6.07) is 11.1. The third kappa shape index (κ3) is 29.6. The minimum absolute atomic E-state index is 0.0347. The molecule has 4 aliphatic carbocycles. The minimum Gasteiger partial charge on any atom is -0.497 e. The van der Waals surface area contributed by atoms with Gasteiger partial charge in [-0.05, 0) is 175 Å². The van der Waals surface area contributed by atoms with Crippen LogP contribution < -0.4 is 50.4 Å². The van der Waals surface area contributed by atoms with E-state index in [1.165, 1.54) is 67.8 Å². The molecule has 0 spiro atoms. The number of alkyl halides is 3. The highest BCUT2D eigenvalue weighted by atomic mass is 32.1. The number of ketones is 1. The summed E-state index contributed by atoms with van der Waals surface area (Å²) in [5, 5.41) is 68.1. The van der Waals surface area contributed by atoms with Crippen molar-refractivity contribution < 1.29 is 143 Å². The Morgan fingerprint density at radius 2 is 1.03 bits per heavy atom. The van der Waals surface area contributed by atoms with E-state index in [9.17, 15) is 61.7 Å². The van der Waals surface area contributed by atoms with E-state index in [2.05, 4.69) is 51.2 Å². The van der Waals surface area contributed by atoms with Gasteiger partial charge in [0, 0.05) is 125 Å². The lowest BCUT2D eigenvalue weighted by Gasteiger charge is -2.29. The number of methoxy groups -OCH3 is 6. The minimum atomic E-state index is -1.45. The molecule has 6 amide bonds. The van der Waals surface area contributed by atoms with Gasteiger partial charge in [-0.15, -0.1) is 22.7 Å². The maximum absolute atomic E-state index is 14.6. The van der Waals surface area contributed by atoms with Gasteiger partial charge in [-0.2, -0.15) is 0 Å². The van der Waals surface area contributed by atoms with Crippen molar-refractivity contribution in [2.45, 2.75) is 354 Å². The molecule has 0 unspecified atom stereocenters. The summed E-state index contributed by atoms with van der Waals surface area (Å²) in [5.41, 5.74) is 1.33. The van der Waals surface area contributed by atoms with Crippen LogP contribution in [-0.4, -0.2) is 344 Å². The molecule has 0 radical (unpaired) electrons. The number of amides is 6. The van der Waals surface area contributed by atoms with Crippen LogP contribution in [0.25, 0.3) is 44.6 Å². The number of rotatable bonds is 23. The lowest BCUT2D eigenvalue weighted by Crippen LogP contribution is -2.56. The summed E-state index contributed by atoms with van der Waals surface area (Å²) >= 11 is 2.97. The number of carboxylic acids is 1. The third-order valence-corrected chi connectivity index (χ3v) is 30.8. The molecule has 44 heteroatoms. The van der Waals surface area contributed by atoms with E-state index < -0.39 is 169 Å². The molecule has 12 aliphatic rings. The molecule has 0 bridgehead atoms. The molecular weight excluding hydrogens is 1990 g/mol. The van der Waals surface area contributed by atoms with E-state index in [1.54, 1.807) is 35.0 Å². The van der Waals surface area contributed by atoms with Crippen LogP contribution in [-0.2, 0) is 76.1 Å². The number of carbonyl (C=O) groups excluding carboxylic acids is 7. The lowest BCUT2D eigenvalue weighted by atomic mass is 10.0. The highest BCUT2D eigenvalue weighted by Crippen LogP contribution is 2.49. The van der Waals surface area contributed by atoms with Crippen LogP contribution in [0.4, 0.5) is 33.0 Å². The van der Waals surface area contributed by atoms with Crippen molar-refractivity contribution in [1.29, 1.82) is 0 Å². The Balaban J connectivity index is 0.000000181. The van der Waals surface area contributed by atoms with Crippen LogP contribution in [0, 0.1) is 11.8 Å². The van der Waals surface area contributed by atoms with Gasteiger partial charge in [0.15, 0.2) is 47.1 Å². The average Bonchev–Trinajstić information content (AvgIpc) is 1.58. The lowest BCUT2D eigenvalue weighted by molar-refractivity contribution is -0.145. The molecular formula is C106H149F3N12O27S2. The van der Waals surface area contributed by atoms with Crippen molar-refractivity contribution in [3.8, 4) is 45.8 Å². The summed E-state index contributed by atoms with van der Waals surface area (Å²) in [6.07, 6.45) is 10.6. The normalized spacial score (nSPS) is 31.8. The number of carboxylic acid groups (broad SMARTS) is 1. The van der Waals surface area contributed by atoms with Gasteiger partial charge in [-0.3, -0.25) is 24.0 Å². The predicted octanol–water partition coefficient (Wildman–Crippen LogP) is 12.3.